The fourth-order valence-electron chi connectivity index (χ4n) is 3.70. The third-order valence-electron chi connectivity index (χ3n) is 5.67. The van der Waals surface area contributed by atoms with E-state index in [1.54, 1.807) is 0 Å². The number of anilines is 2. The molecule has 1 heterocycles. The summed E-state index contributed by atoms with van der Waals surface area (Å²) in [4.78, 5) is 15.3. The maximum Gasteiger partial charge on any atom is 0.262 e. The Bertz CT molecular complexity index is 976. The average molecular weight is 370 g/mol. The van der Waals surface area contributed by atoms with Crippen molar-refractivity contribution >= 4 is 17.3 Å². The van der Waals surface area contributed by atoms with Crippen molar-refractivity contribution in [1.82, 2.24) is 0 Å². The predicted molar refractivity (Wildman–Crippen MR) is 116 cm³/mol. The minimum Gasteiger partial charge on any atom is -0.360 e. The maximum atomic E-state index is 13.4. The summed E-state index contributed by atoms with van der Waals surface area (Å²) >= 11 is 0. The van der Waals surface area contributed by atoms with Gasteiger partial charge in [-0.25, -0.2) is 0 Å². The fourth-order valence-corrected chi connectivity index (χ4v) is 3.70. The molecular formula is C25H26N2O. The standard InChI is InChI=1S/C25H26N2O/c1-4-18(3)19-13-15-21(16-14-19)27-24(20-11-9-17(2)10-12-20)26-23-8-6-5-7-22(23)25(27)28/h5-16,18,24,26H,4H2,1-3H3/t18-,24+/m1/s1. The van der Waals surface area contributed by atoms with Crippen molar-refractivity contribution in [2.45, 2.75) is 39.3 Å². The molecular weight excluding hydrogens is 344 g/mol. The molecule has 3 aromatic rings. The van der Waals surface area contributed by atoms with Crippen LogP contribution in [0.2, 0.25) is 0 Å². The van der Waals surface area contributed by atoms with Crippen molar-refractivity contribution in [2.75, 3.05) is 10.2 Å². The lowest BCUT2D eigenvalue weighted by Crippen LogP contribution is -2.43. The fraction of sp³-hybridized carbons (Fsp3) is 0.240. The molecule has 1 aliphatic rings. The Morgan fingerprint density at radius 1 is 0.964 bits per heavy atom. The van der Waals surface area contributed by atoms with Gasteiger partial charge in [0.1, 0.15) is 6.17 Å². The summed E-state index contributed by atoms with van der Waals surface area (Å²) in [5, 5.41) is 3.57. The van der Waals surface area contributed by atoms with Crippen LogP contribution >= 0.6 is 0 Å². The number of rotatable bonds is 4. The van der Waals surface area contributed by atoms with Gasteiger partial charge in [0.25, 0.3) is 5.91 Å². The van der Waals surface area contributed by atoms with Crippen LogP contribution in [0.25, 0.3) is 0 Å². The highest BCUT2D eigenvalue weighted by Gasteiger charge is 2.33. The summed E-state index contributed by atoms with van der Waals surface area (Å²) in [7, 11) is 0. The van der Waals surface area contributed by atoms with Crippen LogP contribution in [0.4, 0.5) is 11.4 Å². The van der Waals surface area contributed by atoms with Crippen molar-refractivity contribution in [3.05, 3.63) is 95.1 Å². The Morgan fingerprint density at radius 2 is 1.64 bits per heavy atom. The third kappa shape index (κ3) is 3.29. The molecule has 142 valence electrons. The Hall–Kier alpha value is -3.07. The average Bonchev–Trinajstić information content (AvgIpc) is 2.74. The molecule has 0 unspecified atom stereocenters. The molecule has 3 nitrogen and oxygen atoms in total. The number of benzene rings is 3. The van der Waals surface area contributed by atoms with Crippen LogP contribution in [-0.4, -0.2) is 5.91 Å². The number of nitrogens with one attached hydrogen (secondary N) is 1. The predicted octanol–water partition coefficient (Wildman–Crippen LogP) is 6.28. The number of carbonyl (C=O) groups is 1. The van der Waals surface area contributed by atoms with Crippen LogP contribution in [0.3, 0.4) is 0 Å². The zero-order valence-corrected chi connectivity index (χ0v) is 16.6. The smallest absolute Gasteiger partial charge is 0.262 e. The van der Waals surface area contributed by atoms with Gasteiger partial charge in [-0.2, -0.15) is 0 Å². The van der Waals surface area contributed by atoms with Crippen molar-refractivity contribution < 1.29 is 4.79 Å². The zero-order chi connectivity index (χ0) is 19.7. The number of fused-ring (bicyclic) bond motifs is 1. The van der Waals surface area contributed by atoms with Crippen molar-refractivity contribution in [1.29, 1.82) is 0 Å². The van der Waals surface area contributed by atoms with Gasteiger partial charge in [0.2, 0.25) is 0 Å². The second kappa shape index (κ2) is 7.51. The topological polar surface area (TPSA) is 32.3 Å². The first-order valence-electron chi connectivity index (χ1n) is 9.94. The Balaban J connectivity index is 1.78. The zero-order valence-electron chi connectivity index (χ0n) is 16.6. The van der Waals surface area contributed by atoms with E-state index in [4.69, 9.17) is 0 Å². The van der Waals surface area contributed by atoms with E-state index in [-0.39, 0.29) is 12.1 Å². The van der Waals surface area contributed by atoms with Crippen LogP contribution in [0, 0.1) is 6.92 Å². The van der Waals surface area contributed by atoms with E-state index < -0.39 is 0 Å². The van der Waals surface area contributed by atoms with Crippen LogP contribution in [-0.2, 0) is 0 Å². The number of nitrogens with zero attached hydrogens (tertiary/aromatic N) is 1. The molecule has 0 spiro atoms. The molecule has 0 saturated carbocycles. The summed E-state index contributed by atoms with van der Waals surface area (Å²) in [6.45, 7) is 6.50. The molecule has 3 heteroatoms. The number of hydrogen-bond acceptors (Lipinski definition) is 2. The SMILES string of the molecule is CC[C@@H](C)c1ccc(N2C(=O)c3ccccc3N[C@@H]2c2ccc(C)cc2)cc1. The van der Waals surface area contributed by atoms with Gasteiger partial charge in [-0.1, -0.05) is 67.9 Å². The van der Waals surface area contributed by atoms with E-state index in [0.717, 1.165) is 23.4 Å². The lowest BCUT2D eigenvalue weighted by Gasteiger charge is -2.38. The van der Waals surface area contributed by atoms with Crippen LogP contribution in [0.1, 0.15) is 59.4 Å². The maximum absolute atomic E-state index is 13.4. The summed E-state index contributed by atoms with van der Waals surface area (Å²) in [5.74, 6) is 0.536. The monoisotopic (exact) mass is 370 g/mol. The molecule has 0 saturated heterocycles. The molecule has 1 amide bonds. The highest BCUT2D eigenvalue weighted by atomic mass is 16.2. The molecule has 4 rings (SSSR count). The molecule has 2 atom stereocenters. The van der Waals surface area contributed by atoms with E-state index in [1.807, 2.05) is 29.2 Å². The van der Waals surface area contributed by atoms with Gasteiger partial charge in [0, 0.05) is 11.4 Å². The Labute approximate surface area is 167 Å². The van der Waals surface area contributed by atoms with Crippen LogP contribution < -0.4 is 10.2 Å². The van der Waals surface area contributed by atoms with Crippen molar-refractivity contribution in [3.8, 4) is 0 Å². The van der Waals surface area contributed by atoms with Gasteiger partial charge < -0.3 is 5.32 Å². The second-order valence-electron chi connectivity index (χ2n) is 7.58. The number of carbonyl (C=O) groups excluding carboxylic acids is 1. The number of aryl methyl sites for hydroxylation is 1. The first-order valence-corrected chi connectivity index (χ1v) is 9.94. The highest BCUT2D eigenvalue weighted by Crippen LogP contribution is 2.37. The van der Waals surface area contributed by atoms with Gasteiger partial charge in [-0.05, 0) is 54.7 Å². The van der Waals surface area contributed by atoms with Crippen LogP contribution in [0.5, 0.6) is 0 Å². The number of amides is 1. The molecule has 0 fully saturated rings. The van der Waals surface area contributed by atoms with Gasteiger partial charge in [0.15, 0.2) is 0 Å². The van der Waals surface area contributed by atoms with E-state index >= 15 is 0 Å². The third-order valence-corrected chi connectivity index (χ3v) is 5.67. The molecule has 3 aromatic carbocycles. The summed E-state index contributed by atoms with van der Waals surface area (Å²) in [6, 6.07) is 24.5. The first kappa shape index (κ1) is 18.3. The molecule has 0 aliphatic carbocycles. The highest BCUT2D eigenvalue weighted by molar-refractivity contribution is 6.12. The molecule has 1 N–H and O–H groups in total. The second-order valence-corrected chi connectivity index (χ2v) is 7.58. The number of hydrogen-bond donors (Lipinski definition) is 1. The van der Waals surface area contributed by atoms with Crippen molar-refractivity contribution in [3.63, 3.8) is 0 Å². The lowest BCUT2D eigenvalue weighted by molar-refractivity contribution is 0.0975. The summed E-state index contributed by atoms with van der Waals surface area (Å²) in [5.41, 5.74) is 6.07. The molecule has 0 bridgehead atoms. The minimum atomic E-state index is -0.238. The van der Waals surface area contributed by atoms with Gasteiger partial charge in [-0.15, -0.1) is 0 Å². The normalized spacial score (nSPS) is 17.0. The van der Waals surface area contributed by atoms with E-state index in [0.29, 0.717) is 11.5 Å². The van der Waals surface area contributed by atoms with E-state index in [9.17, 15) is 4.79 Å². The number of para-hydroxylation sites is 1. The largest absolute Gasteiger partial charge is 0.360 e. The molecule has 0 aromatic heterocycles. The Kier molecular flexibility index (Phi) is 4.91. The summed E-state index contributed by atoms with van der Waals surface area (Å²) in [6.07, 6.45) is 0.862. The van der Waals surface area contributed by atoms with Gasteiger partial charge >= 0.3 is 0 Å². The van der Waals surface area contributed by atoms with Gasteiger partial charge in [0.05, 0.1) is 5.56 Å². The van der Waals surface area contributed by atoms with Gasteiger partial charge in [-0.3, -0.25) is 9.69 Å². The van der Waals surface area contributed by atoms with Crippen molar-refractivity contribution in [2.24, 2.45) is 0 Å². The minimum absolute atomic E-state index is 0.0243. The van der Waals surface area contributed by atoms with Crippen LogP contribution in [0.15, 0.2) is 72.8 Å². The molecule has 0 radical (unpaired) electrons. The first-order chi connectivity index (χ1) is 13.6. The molecule has 1 aliphatic heterocycles. The quantitative estimate of drug-likeness (QED) is 0.586. The van der Waals surface area contributed by atoms with E-state index in [1.165, 1.54) is 11.1 Å². The Morgan fingerprint density at radius 3 is 2.32 bits per heavy atom. The lowest BCUT2D eigenvalue weighted by atomic mass is 9.97. The van der Waals surface area contributed by atoms with E-state index in [2.05, 4.69) is 74.6 Å². The molecule has 28 heavy (non-hydrogen) atoms. The summed E-state index contributed by atoms with van der Waals surface area (Å²) < 4.78 is 0.